The van der Waals surface area contributed by atoms with E-state index in [1.54, 1.807) is 30.3 Å². The normalized spacial score (nSPS) is 18.5. The van der Waals surface area contributed by atoms with Crippen molar-refractivity contribution in [3.63, 3.8) is 0 Å². The molecule has 184 valence electrons. The number of rotatable bonds is 2. The number of phenolic OH excluding ortho intramolecular Hbond substituents is 1. The van der Waals surface area contributed by atoms with E-state index in [-0.39, 0.29) is 35.5 Å². The fourth-order valence-corrected chi connectivity index (χ4v) is 5.92. The number of ketones is 1. The summed E-state index contributed by atoms with van der Waals surface area (Å²) < 4.78 is 46.1. The van der Waals surface area contributed by atoms with E-state index < -0.39 is 11.6 Å². The lowest BCUT2D eigenvalue weighted by Crippen LogP contribution is -2.47. The van der Waals surface area contributed by atoms with E-state index in [0.717, 1.165) is 22.3 Å². The van der Waals surface area contributed by atoms with Gasteiger partial charge in [-0.15, -0.1) is 0 Å². The van der Waals surface area contributed by atoms with Crippen LogP contribution in [-0.2, 0) is 23.1 Å². The monoisotopic (exact) mass is 496 g/mol. The van der Waals surface area contributed by atoms with Gasteiger partial charge in [-0.3, -0.25) is 4.79 Å². The molecule has 2 aliphatic carbocycles. The van der Waals surface area contributed by atoms with Crippen molar-refractivity contribution in [1.29, 1.82) is 0 Å². The number of carbonyl (C=O) groups excluding carboxylic acids is 1. The topological polar surface area (TPSA) is 37.3 Å². The minimum absolute atomic E-state index is 0.0696. The molecular formula is C32H23F3O2. The summed E-state index contributed by atoms with van der Waals surface area (Å²) in [7, 11) is 0. The van der Waals surface area contributed by atoms with Crippen LogP contribution in [0, 0.1) is 6.92 Å². The van der Waals surface area contributed by atoms with Crippen molar-refractivity contribution in [2.24, 2.45) is 0 Å². The number of carbonyl (C=O) groups is 1. The molecule has 0 spiro atoms. The van der Waals surface area contributed by atoms with Crippen LogP contribution in [0.25, 0.3) is 16.7 Å². The lowest BCUT2D eigenvalue weighted by Gasteiger charge is -2.43. The second-order valence-electron chi connectivity index (χ2n) is 9.87. The molecule has 0 bridgehead atoms. The van der Waals surface area contributed by atoms with Crippen molar-refractivity contribution in [1.82, 2.24) is 0 Å². The molecular weight excluding hydrogens is 473 g/mol. The van der Waals surface area contributed by atoms with Gasteiger partial charge in [0.15, 0.2) is 5.78 Å². The highest BCUT2D eigenvalue weighted by Gasteiger charge is 2.59. The van der Waals surface area contributed by atoms with Gasteiger partial charge >= 0.3 is 6.18 Å². The smallest absolute Gasteiger partial charge is 0.402 e. The molecule has 37 heavy (non-hydrogen) atoms. The lowest BCUT2D eigenvalue weighted by atomic mass is 9.62. The van der Waals surface area contributed by atoms with Gasteiger partial charge in [-0.2, -0.15) is 13.2 Å². The molecule has 6 rings (SSSR count). The number of benzene rings is 4. The van der Waals surface area contributed by atoms with Crippen molar-refractivity contribution in [3.05, 3.63) is 130 Å². The van der Waals surface area contributed by atoms with E-state index in [1.165, 1.54) is 24.3 Å². The Hall–Kier alpha value is -4.12. The Labute approximate surface area is 212 Å². The van der Waals surface area contributed by atoms with Crippen molar-refractivity contribution < 1.29 is 23.1 Å². The highest BCUT2D eigenvalue weighted by molar-refractivity contribution is 6.06. The number of aromatic hydroxyl groups is 1. The average Bonchev–Trinajstić information content (AvgIpc) is 2.87. The first kappa shape index (κ1) is 23.3. The van der Waals surface area contributed by atoms with Gasteiger partial charge < -0.3 is 5.11 Å². The Balaban J connectivity index is 1.68. The van der Waals surface area contributed by atoms with Crippen LogP contribution in [0.2, 0.25) is 0 Å². The van der Waals surface area contributed by atoms with Crippen LogP contribution in [0.15, 0.2) is 91.0 Å². The highest BCUT2D eigenvalue weighted by atomic mass is 19.4. The summed E-state index contributed by atoms with van der Waals surface area (Å²) in [4.78, 5) is 12.7. The molecule has 4 aromatic rings. The number of halogens is 3. The van der Waals surface area contributed by atoms with Crippen LogP contribution < -0.4 is 0 Å². The quantitative estimate of drug-likeness (QED) is 0.316. The SMILES string of the molecule is Cc1ccc(C2=CC(=O)Cc3ccc4c(c32)CC(c2ccc(O)cc2)(C(F)(F)F)c2ccccc2-4)cc1. The molecule has 0 saturated carbocycles. The maximum absolute atomic E-state index is 15.4. The standard InChI is InChI=1S/C32H23F3O2/c1-19-6-8-20(9-7-19)27-17-24(37)16-21-10-15-25-26-4-2-3-5-29(26)31(32(33,34)35,18-28(25)30(21)27)22-11-13-23(36)14-12-22/h2-15,17,36H,16,18H2,1H3. The molecule has 0 aliphatic heterocycles. The molecule has 0 amide bonds. The predicted molar refractivity (Wildman–Crippen MR) is 137 cm³/mol. The fourth-order valence-electron chi connectivity index (χ4n) is 5.92. The first-order valence-corrected chi connectivity index (χ1v) is 12.1. The Bertz CT molecular complexity index is 1580. The third kappa shape index (κ3) is 3.52. The number of alkyl halides is 3. The van der Waals surface area contributed by atoms with Gasteiger partial charge in [0.2, 0.25) is 0 Å². The Kier molecular flexibility index (Phi) is 5.16. The van der Waals surface area contributed by atoms with E-state index in [2.05, 4.69) is 0 Å². The summed E-state index contributed by atoms with van der Waals surface area (Å²) in [5.41, 5.74) is 3.76. The van der Waals surface area contributed by atoms with E-state index >= 15 is 13.2 Å². The molecule has 2 nitrogen and oxygen atoms in total. The van der Waals surface area contributed by atoms with Crippen LogP contribution in [-0.4, -0.2) is 17.1 Å². The average molecular weight is 497 g/mol. The molecule has 2 aliphatic rings. The molecule has 1 atom stereocenters. The maximum Gasteiger partial charge on any atom is 0.402 e. The summed E-state index contributed by atoms with van der Waals surface area (Å²) in [6.07, 6.45) is -3.21. The first-order chi connectivity index (χ1) is 17.7. The highest BCUT2D eigenvalue weighted by Crippen LogP contribution is 2.56. The molecule has 0 saturated heterocycles. The van der Waals surface area contributed by atoms with Crippen molar-refractivity contribution in [3.8, 4) is 16.9 Å². The molecule has 1 unspecified atom stereocenters. The predicted octanol–water partition coefficient (Wildman–Crippen LogP) is 7.33. The zero-order valence-electron chi connectivity index (χ0n) is 20.1. The van der Waals surface area contributed by atoms with E-state index in [9.17, 15) is 9.90 Å². The van der Waals surface area contributed by atoms with Crippen LogP contribution >= 0.6 is 0 Å². The number of allylic oxidation sites excluding steroid dienone is 1. The van der Waals surface area contributed by atoms with E-state index in [4.69, 9.17) is 0 Å². The lowest BCUT2D eigenvalue weighted by molar-refractivity contribution is -0.178. The molecule has 5 heteroatoms. The van der Waals surface area contributed by atoms with Crippen LogP contribution in [0.3, 0.4) is 0 Å². The maximum atomic E-state index is 15.4. The molecule has 0 radical (unpaired) electrons. The second kappa shape index (κ2) is 8.20. The van der Waals surface area contributed by atoms with Crippen LogP contribution in [0.5, 0.6) is 5.75 Å². The number of hydrogen-bond donors (Lipinski definition) is 1. The molecule has 0 aromatic heterocycles. The summed E-state index contributed by atoms with van der Waals surface area (Å²) in [6.45, 7) is 1.96. The van der Waals surface area contributed by atoms with Gasteiger partial charge in [0.05, 0.1) is 0 Å². The summed E-state index contributed by atoms with van der Waals surface area (Å²) in [5.74, 6) is -0.161. The molecule has 4 aromatic carbocycles. The van der Waals surface area contributed by atoms with Gasteiger partial charge in [0.25, 0.3) is 0 Å². The molecule has 0 heterocycles. The third-order valence-corrected chi connectivity index (χ3v) is 7.66. The summed E-state index contributed by atoms with van der Waals surface area (Å²) >= 11 is 0. The third-order valence-electron chi connectivity index (χ3n) is 7.66. The molecule has 1 N–H and O–H groups in total. The van der Waals surface area contributed by atoms with Gasteiger partial charge in [0.1, 0.15) is 11.2 Å². The summed E-state index contributed by atoms with van der Waals surface area (Å²) in [5, 5.41) is 9.84. The number of phenols is 1. The van der Waals surface area contributed by atoms with Crippen LogP contribution in [0.4, 0.5) is 13.2 Å². The van der Waals surface area contributed by atoms with Gasteiger partial charge in [0, 0.05) is 6.42 Å². The zero-order valence-corrected chi connectivity index (χ0v) is 20.1. The van der Waals surface area contributed by atoms with Crippen molar-refractivity contribution in [2.45, 2.75) is 31.4 Å². The number of fused-ring (bicyclic) bond motifs is 5. The fraction of sp³-hybridized carbons (Fsp3) is 0.156. The number of aryl methyl sites for hydroxylation is 1. The van der Waals surface area contributed by atoms with Gasteiger partial charge in [-0.05, 0) is 81.6 Å². The van der Waals surface area contributed by atoms with Crippen molar-refractivity contribution >= 4 is 11.4 Å². The Morgan fingerprint density at radius 3 is 2.24 bits per heavy atom. The van der Waals surface area contributed by atoms with Gasteiger partial charge in [-0.25, -0.2) is 0 Å². The Morgan fingerprint density at radius 2 is 1.54 bits per heavy atom. The van der Waals surface area contributed by atoms with Crippen molar-refractivity contribution in [2.75, 3.05) is 0 Å². The van der Waals surface area contributed by atoms with E-state index in [0.29, 0.717) is 22.3 Å². The number of hydrogen-bond acceptors (Lipinski definition) is 2. The second-order valence-corrected chi connectivity index (χ2v) is 9.87. The van der Waals surface area contributed by atoms with Gasteiger partial charge in [-0.1, -0.05) is 78.4 Å². The summed E-state index contributed by atoms with van der Waals surface area (Å²) in [6, 6.07) is 23.5. The zero-order chi connectivity index (χ0) is 25.9. The largest absolute Gasteiger partial charge is 0.508 e. The molecule has 0 fully saturated rings. The minimum atomic E-state index is -4.63. The first-order valence-electron chi connectivity index (χ1n) is 12.1. The minimum Gasteiger partial charge on any atom is -0.508 e. The van der Waals surface area contributed by atoms with Crippen LogP contribution in [0.1, 0.15) is 38.9 Å². The Morgan fingerprint density at radius 1 is 0.838 bits per heavy atom. The van der Waals surface area contributed by atoms with E-state index in [1.807, 2.05) is 43.3 Å².